The zero-order valence-electron chi connectivity index (χ0n) is 15.1. The van der Waals surface area contributed by atoms with E-state index in [-0.39, 0.29) is 6.42 Å². The zero-order valence-corrected chi connectivity index (χ0v) is 15.1. The second-order valence-electron chi connectivity index (χ2n) is 7.28. The molecule has 1 saturated carbocycles. The molecule has 0 aliphatic heterocycles. The standard InChI is InChI=1S/C20H34F4/c1-2-3-4-5-6-8-12-17-14-11-15-18(17)13-9-7-10-16-19(21)20(22,23)24/h8,12,17-19H,2-7,9-11,13-16H2,1H3/t17-,18-,19?/m0/s1. The largest absolute Gasteiger partial charge is 0.419 e. The molecule has 1 fully saturated rings. The molecule has 0 spiro atoms. The normalized spacial score (nSPS) is 23.2. The summed E-state index contributed by atoms with van der Waals surface area (Å²) in [5, 5.41) is 0. The van der Waals surface area contributed by atoms with Crippen molar-refractivity contribution in [2.75, 3.05) is 0 Å². The molecule has 0 radical (unpaired) electrons. The molecule has 1 aliphatic carbocycles. The van der Waals surface area contributed by atoms with Crippen molar-refractivity contribution in [3.05, 3.63) is 12.2 Å². The Hall–Kier alpha value is -0.540. The molecule has 1 unspecified atom stereocenters. The molecule has 0 bridgehead atoms. The predicted octanol–water partition coefficient (Wildman–Crippen LogP) is 7.78. The molecule has 0 nitrogen and oxygen atoms in total. The highest BCUT2D eigenvalue weighted by Crippen LogP contribution is 2.36. The smallest absolute Gasteiger partial charge is 0.237 e. The Morgan fingerprint density at radius 1 is 1.00 bits per heavy atom. The maximum atomic E-state index is 12.8. The van der Waals surface area contributed by atoms with Crippen LogP contribution in [0.4, 0.5) is 17.6 Å². The SMILES string of the molecule is CCCCCCC=C[C@H]1CCC[C@@H]1CCCCCC(F)C(F)(F)F. The highest BCUT2D eigenvalue weighted by molar-refractivity contribution is 4.94. The number of hydrogen-bond donors (Lipinski definition) is 0. The Bertz CT molecular complexity index is 335. The van der Waals surface area contributed by atoms with Gasteiger partial charge in [0.2, 0.25) is 0 Å². The average molecular weight is 350 g/mol. The van der Waals surface area contributed by atoms with Crippen LogP contribution in [0, 0.1) is 11.8 Å². The second-order valence-corrected chi connectivity index (χ2v) is 7.28. The first kappa shape index (κ1) is 21.5. The first-order valence-corrected chi connectivity index (χ1v) is 9.82. The van der Waals surface area contributed by atoms with Gasteiger partial charge in [-0.2, -0.15) is 13.2 Å². The van der Waals surface area contributed by atoms with Crippen molar-refractivity contribution in [1.29, 1.82) is 0 Å². The van der Waals surface area contributed by atoms with Crippen LogP contribution in [-0.4, -0.2) is 12.3 Å². The van der Waals surface area contributed by atoms with Crippen LogP contribution in [0.15, 0.2) is 12.2 Å². The molecule has 0 aromatic rings. The van der Waals surface area contributed by atoms with Gasteiger partial charge in [-0.1, -0.05) is 64.0 Å². The fraction of sp³-hybridized carbons (Fsp3) is 0.900. The van der Waals surface area contributed by atoms with E-state index in [1.807, 2.05) is 0 Å². The van der Waals surface area contributed by atoms with Crippen molar-refractivity contribution < 1.29 is 17.6 Å². The fourth-order valence-electron chi connectivity index (χ4n) is 3.71. The molecule has 1 rings (SSSR count). The van der Waals surface area contributed by atoms with Crippen molar-refractivity contribution in [2.24, 2.45) is 11.8 Å². The lowest BCUT2D eigenvalue weighted by Gasteiger charge is -2.16. The van der Waals surface area contributed by atoms with E-state index in [2.05, 4.69) is 19.1 Å². The van der Waals surface area contributed by atoms with Crippen LogP contribution in [0.1, 0.15) is 90.4 Å². The Labute approximate surface area is 145 Å². The minimum atomic E-state index is -4.68. The second kappa shape index (κ2) is 11.9. The lowest BCUT2D eigenvalue weighted by molar-refractivity contribution is -0.182. The summed E-state index contributed by atoms with van der Waals surface area (Å²) >= 11 is 0. The summed E-state index contributed by atoms with van der Waals surface area (Å²) in [5.41, 5.74) is 0. The molecule has 0 aromatic carbocycles. The van der Waals surface area contributed by atoms with Gasteiger partial charge >= 0.3 is 6.18 Å². The quantitative estimate of drug-likeness (QED) is 0.191. The number of rotatable bonds is 12. The summed E-state index contributed by atoms with van der Waals surface area (Å²) in [5.74, 6) is 1.33. The zero-order chi connectivity index (χ0) is 17.8. The Morgan fingerprint density at radius 2 is 1.75 bits per heavy atom. The van der Waals surface area contributed by atoms with Crippen LogP contribution in [0.5, 0.6) is 0 Å². The molecule has 0 N–H and O–H groups in total. The molecule has 3 atom stereocenters. The van der Waals surface area contributed by atoms with Crippen LogP contribution in [-0.2, 0) is 0 Å². The number of alkyl halides is 4. The van der Waals surface area contributed by atoms with Crippen molar-refractivity contribution in [3.8, 4) is 0 Å². The van der Waals surface area contributed by atoms with Gasteiger partial charge in [-0.25, -0.2) is 4.39 Å². The van der Waals surface area contributed by atoms with E-state index >= 15 is 0 Å². The van der Waals surface area contributed by atoms with Crippen LogP contribution >= 0.6 is 0 Å². The van der Waals surface area contributed by atoms with Crippen LogP contribution in [0.25, 0.3) is 0 Å². The number of hydrogen-bond acceptors (Lipinski definition) is 0. The Balaban J connectivity index is 2.12. The van der Waals surface area contributed by atoms with Crippen LogP contribution < -0.4 is 0 Å². The van der Waals surface area contributed by atoms with E-state index in [9.17, 15) is 17.6 Å². The maximum Gasteiger partial charge on any atom is 0.419 e. The molecular weight excluding hydrogens is 316 g/mol. The van der Waals surface area contributed by atoms with Gasteiger partial charge in [0.05, 0.1) is 0 Å². The van der Waals surface area contributed by atoms with Gasteiger partial charge < -0.3 is 0 Å². The maximum absolute atomic E-state index is 12.8. The highest BCUT2D eigenvalue weighted by Gasteiger charge is 2.39. The summed E-state index contributed by atoms with van der Waals surface area (Å²) in [4.78, 5) is 0. The fourth-order valence-corrected chi connectivity index (χ4v) is 3.71. The molecule has 142 valence electrons. The number of allylic oxidation sites excluding steroid dienone is 2. The summed E-state index contributed by atoms with van der Waals surface area (Å²) in [6.45, 7) is 2.22. The van der Waals surface area contributed by atoms with Gasteiger partial charge in [0.1, 0.15) is 0 Å². The molecule has 1 aliphatic rings. The summed E-state index contributed by atoms with van der Waals surface area (Å²) in [6.07, 6.45) is 10.1. The van der Waals surface area contributed by atoms with E-state index in [4.69, 9.17) is 0 Å². The van der Waals surface area contributed by atoms with Crippen LogP contribution in [0.2, 0.25) is 0 Å². The minimum absolute atomic E-state index is 0.339. The van der Waals surface area contributed by atoms with Crippen molar-refractivity contribution >= 4 is 0 Å². The first-order valence-electron chi connectivity index (χ1n) is 9.82. The average Bonchev–Trinajstić information content (AvgIpc) is 2.96. The van der Waals surface area contributed by atoms with E-state index in [1.165, 1.54) is 51.4 Å². The van der Waals surface area contributed by atoms with Crippen molar-refractivity contribution in [3.63, 3.8) is 0 Å². The topological polar surface area (TPSA) is 0 Å². The van der Waals surface area contributed by atoms with Gasteiger partial charge in [-0.3, -0.25) is 0 Å². The monoisotopic (exact) mass is 350 g/mol. The molecule has 0 amide bonds. The first-order chi connectivity index (χ1) is 11.4. The lowest BCUT2D eigenvalue weighted by Crippen LogP contribution is -2.24. The van der Waals surface area contributed by atoms with Crippen LogP contribution in [0.3, 0.4) is 0 Å². The summed E-state index contributed by atoms with van der Waals surface area (Å²) < 4.78 is 49.1. The molecule has 0 aromatic heterocycles. The predicted molar refractivity (Wildman–Crippen MR) is 92.8 cm³/mol. The molecule has 0 heterocycles. The highest BCUT2D eigenvalue weighted by atomic mass is 19.4. The van der Waals surface area contributed by atoms with Gasteiger partial charge in [-0.05, 0) is 50.4 Å². The van der Waals surface area contributed by atoms with Gasteiger partial charge in [0.15, 0.2) is 6.17 Å². The minimum Gasteiger partial charge on any atom is -0.237 e. The van der Waals surface area contributed by atoms with E-state index in [0.717, 1.165) is 12.8 Å². The Morgan fingerprint density at radius 3 is 2.46 bits per heavy atom. The number of unbranched alkanes of at least 4 members (excludes halogenated alkanes) is 6. The molecule has 0 saturated heterocycles. The van der Waals surface area contributed by atoms with E-state index in [0.29, 0.717) is 24.7 Å². The summed E-state index contributed by atoms with van der Waals surface area (Å²) in [6, 6.07) is 0. The summed E-state index contributed by atoms with van der Waals surface area (Å²) in [7, 11) is 0. The third-order valence-corrected chi connectivity index (χ3v) is 5.21. The molecular formula is C20H34F4. The third kappa shape index (κ3) is 9.08. The van der Waals surface area contributed by atoms with Gasteiger partial charge in [0.25, 0.3) is 0 Å². The van der Waals surface area contributed by atoms with E-state index < -0.39 is 12.3 Å². The third-order valence-electron chi connectivity index (χ3n) is 5.21. The van der Waals surface area contributed by atoms with Gasteiger partial charge in [0, 0.05) is 0 Å². The molecule has 4 heteroatoms. The number of halogens is 4. The van der Waals surface area contributed by atoms with Crippen molar-refractivity contribution in [2.45, 2.75) is 103 Å². The van der Waals surface area contributed by atoms with E-state index in [1.54, 1.807) is 0 Å². The van der Waals surface area contributed by atoms with Crippen molar-refractivity contribution in [1.82, 2.24) is 0 Å². The Kier molecular flexibility index (Phi) is 10.7. The van der Waals surface area contributed by atoms with Gasteiger partial charge in [-0.15, -0.1) is 0 Å². The lowest BCUT2D eigenvalue weighted by atomic mass is 9.90. The molecule has 24 heavy (non-hydrogen) atoms.